The zero-order valence-electron chi connectivity index (χ0n) is 19.4. The molecule has 2 fully saturated rings. The molecule has 0 aromatic rings. The molecule has 8 nitrogen and oxygen atoms in total. The number of amides is 1. The highest BCUT2D eigenvalue weighted by molar-refractivity contribution is 14.0. The van der Waals surface area contributed by atoms with Crippen LogP contribution in [0.5, 0.6) is 0 Å². The summed E-state index contributed by atoms with van der Waals surface area (Å²) in [5.41, 5.74) is -0.474. The minimum Gasteiger partial charge on any atom is -0.444 e. The second-order valence-corrected chi connectivity index (χ2v) is 9.05. The summed E-state index contributed by atoms with van der Waals surface area (Å²) in [6, 6.07) is 0.0951. The van der Waals surface area contributed by atoms with Crippen LogP contribution >= 0.6 is 24.0 Å². The van der Waals surface area contributed by atoms with E-state index in [1.807, 2.05) is 20.8 Å². The van der Waals surface area contributed by atoms with E-state index in [0.29, 0.717) is 5.92 Å². The van der Waals surface area contributed by atoms with Crippen molar-refractivity contribution in [3.8, 4) is 0 Å². The molecule has 176 valence electrons. The number of hydrogen-bond donors (Lipinski definition) is 2. The number of rotatable bonds is 7. The monoisotopic (exact) mass is 539 g/mol. The number of aliphatic imine (C=N–C) groups is 1. The Labute approximate surface area is 199 Å². The molecular formula is C21H42IN5O3. The van der Waals surface area contributed by atoms with Gasteiger partial charge in [0.15, 0.2) is 5.96 Å². The molecule has 2 aliphatic heterocycles. The lowest BCUT2D eigenvalue weighted by Gasteiger charge is -2.31. The number of nitrogens with one attached hydrogen (secondary N) is 2. The van der Waals surface area contributed by atoms with E-state index in [9.17, 15) is 4.79 Å². The minimum atomic E-state index is -0.474. The summed E-state index contributed by atoms with van der Waals surface area (Å²) in [5.74, 6) is 1.60. The largest absolute Gasteiger partial charge is 0.444 e. The van der Waals surface area contributed by atoms with E-state index < -0.39 is 5.60 Å². The maximum absolute atomic E-state index is 12.0. The van der Waals surface area contributed by atoms with Crippen molar-refractivity contribution in [2.75, 3.05) is 59.5 Å². The molecule has 2 aliphatic rings. The van der Waals surface area contributed by atoms with Crippen LogP contribution in [0.15, 0.2) is 4.99 Å². The Morgan fingerprint density at radius 1 is 1.17 bits per heavy atom. The smallest absolute Gasteiger partial charge is 0.407 e. The molecule has 0 spiro atoms. The first kappa shape index (κ1) is 27.2. The lowest BCUT2D eigenvalue weighted by atomic mass is 9.97. The molecule has 2 N–H and O–H groups in total. The highest BCUT2D eigenvalue weighted by atomic mass is 127. The Bertz CT molecular complexity index is 533. The lowest BCUT2D eigenvalue weighted by Crippen LogP contribution is -2.44. The second-order valence-electron chi connectivity index (χ2n) is 9.05. The van der Waals surface area contributed by atoms with E-state index in [2.05, 4.69) is 27.4 Å². The number of piperidine rings is 1. The van der Waals surface area contributed by atoms with Gasteiger partial charge in [-0.1, -0.05) is 0 Å². The third kappa shape index (κ3) is 10.00. The summed E-state index contributed by atoms with van der Waals surface area (Å²) >= 11 is 0. The lowest BCUT2D eigenvalue weighted by molar-refractivity contribution is 0.0507. The van der Waals surface area contributed by atoms with Gasteiger partial charge in [-0.05, 0) is 66.0 Å². The molecule has 2 heterocycles. The van der Waals surface area contributed by atoms with Crippen molar-refractivity contribution in [3.05, 3.63) is 0 Å². The van der Waals surface area contributed by atoms with E-state index in [4.69, 9.17) is 14.5 Å². The third-order valence-electron chi connectivity index (χ3n) is 5.36. The first-order valence-electron chi connectivity index (χ1n) is 11.0. The number of guanidine groups is 1. The number of halogens is 1. The molecule has 1 atom stereocenters. The van der Waals surface area contributed by atoms with Gasteiger partial charge in [0.2, 0.25) is 0 Å². The number of likely N-dealkylation sites (tertiary alicyclic amines) is 2. The van der Waals surface area contributed by atoms with Gasteiger partial charge in [0.05, 0.1) is 12.6 Å². The fourth-order valence-electron chi connectivity index (χ4n) is 3.80. The van der Waals surface area contributed by atoms with Crippen LogP contribution in [0.2, 0.25) is 0 Å². The van der Waals surface area contributed by atoms with Crippen LogP contribution in [-0.4, -0.2) is 93.0 Å². The van der Waals surface area contributed by atoms with Gasteiger partial charge in [-0.3, -0.25) is 4.99 Å². The van der Waals surface area contributed by atoms with Crippen LogP contribution in [0.4, 0.5) is 4.79 Å². The first-order chi connectivity index (χ1) is 13.8. The molecule has 1 amide bonds. The number of ether oxygens (including phenoxy) is 2. The van der Waals surface area contributed by atoms with Gasteiger partial charge in [-0.2, -0.15) is 0 Å². The van der Waals surface area contributed by atoms with Crippen LogP contribution in [0.3, 0.4) is 0 Å². The number of hydrogen-bond acceptors (Lipinski definition) is 5. The highest BCUT2D eigenvalue weighted by Crippen LogP contribution is 2.18. The molecule has 30 heavy (non-hydrogen) atoms. The standard InChI is InChI=1S/C21H41N5O3.HI/c1-6-22-19(23-15-17-7-10-25(11-8-17)13-14-28-5)26-12-9-18(16-26)24-20(27)29-21(2,3)4;/h17-18H,6-16H2,1-5H3,(H,22,23)(H,24,27);1H. The van der Waals surface area contributed by atoms with E-state index in [-0.39, 0.29) is 36.1 Å². The number of alkyl carbamates (subject to hydrolysis) is 1. The van der Waals surface area contributed by atoms with Gasteiger partial charge in [0.1, 0.15) is 5.60 Å². The van der Waals surface area contributed by atoms with Crippen LogP contribution in [0.1, 0.15) is 47.0 Å². The van der Waals surface area contributed by atoms with Gasteiger partial charge < -0.3 is 29.9 Å². The fourth-order valence-corrected chi connectivity index (χ4v) is 3.80. The molecule has 9 heteroatoms. The predicted molar refractivity (Wildman–Crippen MR) is 132 cm³/mol. The summed E-state index contributed by atoms with van der Waals surface area (Å²) < 4.78 is 10.6. The van der Waals surface area contributed by atoms with Crippen LogP contribution in [0, 0.1) is 5.92 Å². The maximum Gasteiger partial charge on any atom is 0.407 e. The Morgan fingerprint density at radius 3 is 2.47 bits per heavy atom. The van der Waals surface area contributed by atoms with Crippen LogP contribution in [0.25, 0.3) is 0 Å². The molecule has 0 aromatic heterocycles. The summed E-state index contributed by atoms with van der Waals surface area (Å²) in [5, 5.41) is 6.41. The van der Waals surface area contributed by atoms with Crippen molar-refractivity contribution in [2.24, 2.45) is 10.9 Å². The van der Waals surface area contributed by atoms with Gasteiger partial charge in [-0.25, -0.2) is 4.79 Å². The predicted octanol–water partition coefficient (Wildman–Crippen LogP) is 2.53. The fraction of sp³-hybridized carbons (Fsp3) is 0.905. The maximum atomic E-state index is 12.0. The van der Waals surface area contributed by atoms with E-state index in [0.717, 1.165) is 64.8 Å². The molecule has 2 saturated heterocycles. The Morgan fingerprint density at radius 2 is 1.87 bits per heavy atom. The number of carbonyl (C=O) groups excluding carboxylic acids is 1. The number of carbonyl (C=O) groups is 1. The number of methoxy groups -OCH3 is 1. The quantitative estimate of drug-likeness (QED) is 0.294. The SMILES string of the molecule is CCNC(=NCC1CCN(CCOC)CC1)N1CCC(NC(=O)OC(C)(C)C)C1.I. The zero-order valence-corrected chi connectivity index (χ0v) is 21.7. The number of nitrogens with zero attached hydrogens (tertiary/aromatic N) is 3. The average Bonchev–Trinajstić information content (AvgIpc) is 3.10. The Balaban J connectivity index is 0.00000450. The van der Waals surface area contributed by atoms with E-state index in [1.54, 1.807) is 7.11 Å². The minimum absolute atomic E-state index is 0. The molecular weight excluding hydrogens is 497 g/mol. The molecule has 0 aliphatic carbocycles. The molecule has 0 radical (unpaired) electrons. The Hall–Kier alpha value is -0.810. The Kier molecular flexibility index (Phi) is 12.3. The van der Waals surface area contributed by atoms with Crippen molar-refractivity contribution < 1.29 is 14.3 Å². The summed E-state index contributed by atoms with van der Waals surface area (Å²) in [7, 11) is 1.76. The van der Waals surface area contributed by atoms with Crippen molar-refractivity contribution in [1.29, 1.82) is 0 Å². The third-order valence-corrected chi connectivity index (χ3v) is 5.36. The van der Waals surface area contributed by atoms with Gasteiger partial charge in [0.25, 0.3) is 0 Å². The van der Waals surface area contributed by atoms with Crippen LogP contribution < -0.4 is 10.6 Å². The van der Waals surface area contributed by atoms with Gasteiger partial charge >= 0.3 is 6.09 Å². The zero-order chi connectivity index (χ0) is 21.3. The summed E-state index contributed by atoms with van der Waals surface area (Å²) in [4.78, 5) is 21.7. The normalized spacial score (nSPS) is 21.3. The van der Waals surface area contributed by atoms with Crippen LogP contribution in [-0.2, 0) is 9.47 Å². The van der Waals surface area contributed by atoms with Gasteiger partial charge in [0, 0.05) is 39.8 Å². The molecule has 2 rings (SSSR count). The van der Waals surface area contributed by atoms with Crippen molar-refractivity contribution in [1.82, 2.24) is 20.4 Å². The van der Waals surface area contributed by atoms with Crippen molar-refractivity contribution in [2.45, 2.75) is 58.6 Å². The average molecular weight is 540 g/mol. The highest BCUT2D eigenvalue weighted by Gasteiger charge is 2.28. The topological polar surface area (TPSA) is 78.4 Å². The van der Waals surface area contributed by atoms with E-state index in [1.165, 1.54) is 12.8 Å². The van der Waals surface area contributed by atoms with Gasteiger partial charge in [-0.15, -0.1) is 24.0 Å². The first-order valence-corrected chi connectivity index (χ1v) is 11.0. The molecule has 0 bridgehead atoms. The molecule has 0 aromatic carbocycles. The van der Waals surface area contributed by atoms with E-state index >= 15 is 0 Å². The second kappa shape index (κ2) is 13.6. The van der Waals surface area contributed by atoms with Crippen molar-refractivity contribution in [3.63, 3.8) is 0 Å². The van der Waals surface area contributed by atoms with Crippen molar-refractivity contribution >= 4 is 36.0 Å². The molecule has 1 unspecified atom stereocenters. The molecule has 0 saturated carbocycles. The summed E-state index contributed by atoms with van der Waals surface area (Å²) in [6.45, 7) is 15.2. The summed E-state index contributed by atoms with van der Waals surface area (Å²) in [6.07, 6.45) is 2.94.